The highest BCUT2D eigenvalue weighted by Gasteiger charge is 2.08. The number of furan rings is 1. The molecule has 0 aliphatic rings. The van der Waals surface area contributed by atoms with Crippen molar-refractivity contribution in [3.63, 3.8) is 0 Å². The average Bonchev–Trinajstić information content (AvgIpc) is 3.16. The van der Waals surface area contributed by atoms with Gasteiger partial charge in [0.25, 0.3) is 5.69 Å². The molecule has 0 fully saturated rings. The van der Waals surface area contributed by atoms with Gasteiger partial charge in [-0.3, -0.25) is 15.2 Å². The monoisotopic (exact) mass is 285 g/mol. The molecule has 8 heteroatoms. The molecule has 0 spiro atoms. The summed E-state index contributed by atoms with van der Waals surface area (Å²) in [6, 6.07) is 9.70. The Bertz CT molecular complexity index is 734. The summed E-state index contributed by atoms with van der Waals surface area (Å²) in [5, 5.41) is 20.5. The average molecular weight is 285 g/mol. The zero-order valence-electron chi connectivity index (χ0n) is 10.8. The highest BCUT2D eigenvalue weighted by molar-refractivity contribution is 5.49. The van der Waals surface area contributed by atoms with Gasteiger partial charge in [0.15, 0.2) is 5.76 Å². The maximum absolute atomic E-state index is 10.6. The van der Waals surface area contributed by atoms with E-state index in [0.29, 0.717) is 24.0 Å². The van der Waals surface area contributed by atoms with Crippen LogP contribution in [0.4, 0.5) is 11.4 Å². The van der Waals surface area contributed by atoms with Gasteiger partial charge in [-0.2, -0.15) is 0 Å². The summed E-state index contributed by atoms with van der Waals surface area (Å²) in [6.45, 7) is 0.422. The lowest BCUT2D eigenvalue weighted by molar-refractivity contribution is -0.384. The van der Waals surface area contributed by atoms with Crippen molar-refractivity contribution in [3.8, 4) is 11.6 Å². The Balaban J connectivity index is 1.64. The number of nitro benzene ring substituents is 1. The van der Waals surface area contributed by atoms with Crippen LogP contribution in [0.2, 0.25) is 0 Å². The van der Waals surface area contributed by atoms with Crippen molar-refractivity contribution in [1.29, 1.82) is 0 Å². The standard InChI is InChI=1S/C13H11N5O3/c19-18(20)10-5-3-9(4-6-10)14-8-12-15-13(17-16-12)11-2-1-7-21-11/h1-7,14H,8H2,(H,15,16,17). The zero-order chi connectivity index (χ0) is 14.7. The third-order valence-electron chi connectivity index (χ3n) is 2.81. The molecule has 3 aromatic rings. The Kier molecular flexibility index (Phi) is 3.34. The summed E-state index contributed by atoms with van der Waals surface area (Å²) in [4.78, 5) is 14.4. The van der Waals surface area contributed by atoms with Gasteiger partial charge in [0.05, 0.1) is 17.7 Å². The molecule has 0 saturated heterocycles. The molecule has 0 aliphatic heterocycles. The molecule has 0 radical (unpaired) electrons. The third kappa shape index (κ3) is 2.89. The number of aromatic amines is 1. The minimum atomic E-state index is -0.435. The van der Waals surface area contributed by atoms with Gasteiger partial charge in [-0.1, -0.05) is 0 Å². The normalized spacial score (nSPS) is 10.5. The summed E-state index contributed by atoms with van der Waals surface area (Å²) in [7, 11) is 0. The minimum absolute atomic E-state index is 0.0559. The molecular weight excluding hydrogens is 274 g/mol. The Labute approximate surface area is 119 Å². The molecule has 0 aliphatic carbocycles. The number of aromatic nitrogens is 3. The Morgan fingerprint density at radius 2 is 2.10 bits per heavy atom. The van der Waals surface area contributed by atoms with E-state index in [1.807, 2.05) is 0 Å². The molecule has 21 heavy (non-hydrogen) atoms. The maximum Gasteiger partial charge on any atom is 0.269 e. The van der Waals surface area contributed by atoms with Crippen molar-refractivity contribution in [3.05, 3.63) is 58.6 Å². The van der Waals surface area contributed by atoms with Crippen molar-refractivity contribution in [2.45, 2.75) is 6.54 Å². The maximum atomic E-state index is 10.6. The SMILES string of the molecule is O=[N+]([O-])c1ccc(NCc2nc(-c3ccco3)n[nH]2)cc1. The van der Waals surface area contributed by atoms with Crippen molar-refractivity contribution < 1.29 is 9.34 Å². The van der Waals surface area contributed by atoms with E-state index in [1.54, 1.807) is 30.5 Å². The highest BCUT2D eigenvalue weighted by Crippen LogP contribution is 2.17. The van der Waals surface area contributed by atoms with E-state index < -0.39 is 4.92 Å². The van der Waals surface area contributed by atoms with Gasteiger partial charge in [0.1, 0.15) is 5.82 Å². The van der Waals surface area contributed by atoms with Gasteiger partial charge in [-0.05, 0) is 24.3 Å². The Morgan fingerprint density at radius 3 is 2.76 bits per heavy atom. The van der Waals surface area contributed by atoms with Gasteiger partial charge in [-0.15, -0.1) is 5.10 Å². The molecule has 1 aromatic carbocycles. The molecule has 0 amide bonds. The number of anilines is 1. The summed E-state index contributed by atoms with van der Waals surface area (Å²) >= 11 is 0. The van der Waals surface area contributed by atoms with E-state index in [2.05, 4.69) is 20.5 Å². The number of rotatable bonds is 5. The fourth-order valence-electron chi connectivity index (χ4n) is 1.78. The molecular formula is C13H11N5O3. The van der Waals surface area contributed by atoms with Crippen LogP contribution in [-0.2, 0) is 6.54 Å². The topological polar surface area (TPSA) is 110 Å². The largest absolute Gasteiger partial charge is 0.461 e. The molecule has 0 saturated carbocycles. The van der Waals surface area contributed by atoms with Gasteiger partial charge >= 0.3 is 0 Å². The first-order valence-electron chi connectivity index (χ1n) is 6.16. The van der Waals surface area contributed by atoms with Crippen LogP contribution in [0, 0.1) is 10.1 Å². The first-order chi connectivity index (χ1) is 10.2. The smallest absolute Gasteiger partial charge is 0.269 e. The van der Waals surface area contributed by atoms with Crippen LogP contribution < -0.4 is 5.32 Å². The zero-order valence-corrected chi connectivity index (χ0v) is 10.8. The Hall–Kier alpha value is -3.16. The number of hydrogen-bond donors (Lipinski definition) is 2. The molecule has 2 heterocycles. The first-order valence-corrected chi connectivity index (χ1v) is 6.16. The second-order valence-corrected chi connectivity index (χ2v) is 4.24. The number of non-ortho nitro benzene ring substituents is 1. The highest BCUT2D eigenvalue weighted by atomic mass is 16.6. The lowest BCUT2D eigenvalue weighted by atomic mass is 10.3. The molecule has 0 unspecified atom stereocenters. The first kappa shape index (κ1) is 12.9. The predicted molar refractivity (Wildman–Crippen MR) is 74.5 cm³/mol. The van der Waals surface area contributed by atoms with Crippen LogP contribution in [0.1, 0.15) is 5.82 Å². The molecule has 0 atom stereocenters. The summed E-state index contributed by atoms with van der Waals surface area (Å²) in [6.07, 6.45) is 1.56. The van der Waals surface area contributed by atoms with Crippen molar-refractivity contribution in [2.75, 3.05) is 5.32 Å². The quantitative estimate of drug-likeness (QED) is 0.550. The van der Waals surface area contributed by atoms with E-state index in [-0.39, 0.29) is 5.69 Å². The van der Waals surface area contributed by atoms with Crippen LogP contribution >= 0.6 is 0 Å². The van der Waals surface area contributed by atoms with E-state index >= 15 is 0 Å². The Morgan fingerprint density at radius 1 is 1.29 bits per heavy atom. The van der Waals surface area contributed by atoms with Crippen LogP contribution in [0.3, 0.4) is 0 Å². The van der Waals surface area contributed by atoms with E-state index in [4.69, 9.17) is 4.42 Å². The number of nitrogens with zero attached hydrogens (tertiary/aromatic N) is 3. The molecule has 3 rings (SSSR count). The molecule has 106 valence electrons. The van der Waals surface area contributed by atoms with E-state index in [9.17, 15) is 10.1 Å². The number of nitro groups is 1. The molecule has 2 aromatic heterocycles. The van der Waals surface area contributed by atoms with Gasteiger partial charge in [-0.25, -0.2) is 4.98 Å². The van der Waals surface area contributed by atoms with Crippen molar-refractivity contribution in [2.24, 2.45) is 0 Å². The third-order valence-corrected chi connectivity index (χ3v) is 2.81. The van der Waals surface area contributed by atoms with Crippen LogP contribution in [0.15, 0.2) is 47.1 Å². The number of benzene rings is 1. The predicted octanol–water partition coefficient (Wildman–Crippen LogP) is 2.58. The van der Waals surface area contributed by atoms with E-state index in [1.165, 1.54) is 12.1 Å². The molecule has 2 N–H and O–H groups in total. The van der Waals surface area contributed by atoms with Gasteiger partial charge < -0.3 is 9.73 Å². The fourth-order valence-corrected chi connectivity index (χ4v) is 1.78. The van der Waals surface area contributed by atoms with Gasteiger partial charge in [0.2, 0.25) is 5.82 Å². The minimum Gasteiger partial charge on any atom is -0.461 e. The van der Waals surface area contributed by atoms with Gasteiger partial charge in [0, 0.05) is 17.8 Å². The van der Waals surface area contributed by atoms with Crippen LogP contribution in [-0.4, -0.2) is 20.1 Å². The number of H-pyrrole nitrogens is 1. The molecule has 8 nitrogen and oxygen atoms in total. The van der Waals surface area contributed by atoms with Crippen molar-refractivity contribution >= 4 is 11.4 Å². The lowest BCUT2D eigenvalue weighted by Crippen LogP contribution is -2.01. The second-order valence-electron chi connectivity index (χ2n) is 4.24. The number of nitrogens with one attached hydrogen (secondary N) is 2. The fraction of sp³-hybridized carbons (Fsp3) is 0.0769. The van der Waals surface area contributed by atoms with E-state index in [0.717, 1.165) is 5.69 Å². The summed E-state index contributed by atoms with van der Waals surface area (Å²) in [5.74, 6) is 1.72. The van der Waals surface area contributed by atoms with Crippen molar-refractivity contribution in [1.82, 2.24) is 15.2 Å². The number of hydrogen-bond acceptors (Lipinski definition) is 6. The van der Waals surface area contributed by atoms with Crippen LogP contribution in [0.5, 0.6) is 0 Å². The summed E-state index contributed by atoms with van der Waals surface area (Å²) < 4.78 is 5.20. The molecule has 0 bridgehead atoms. The van der Waals surface area contributed by atoms with Crippen LogP contribution in [0.25, 0.3) is 11.6 Å². The summed E-state index contributed by atoms with van der Waals surface area (Å²) in [5.41, 5.74) is 0.817. The second kappa shape index (κ2) is 5.45. The lowest BCUT2D eigenvalue weighted by Gasteiger charge is -2.02.